The minimum Gasteiger partial charge on any atom is -0.427 e. The lowest BCUT2D eigenvalue weighted by Crippen LogP contribution is -2.29. The van der Waals surface area contributed by atoms with Crippen molar-refractivity contribution >= 4 is 11.9 Å². The SMILES string of the molecule is Cc1cc(CCc2ccccc2)oc(=O)c1C(=O)NCc1nc(N)n[nH]1. The smallest absolute Gasteiger partial charge is 0.349 e. The summed E-state index contributed by atoms with van der Waals surface area (Å²) in [5, 5.41) is 8.85. The van der Waals surface area contributed by atoms with Crippen molar-refractivity contribution in [3.05, 3.63) is 75.1 Å². The number of nitrogens with two attached hydrogens (primary N) is 1. The maximum Gasteiger partial charge on any atom is 0.349 e. The van der Waals surface area contributed by atoms with Gasteiger partial charge in [-0.2, -0.15) is 4.98 Å². The molecule has 0 saturated carbocycles. The molecule has 0 saturated heterocycles. The van der Waals surface area contributed by atoms with Crippen molar-refractivity contribution in [2.24, 2.45) is 0 Å². The standard InChI is InChI=1S/C18H19N5O3/c1-11-9-13(8-7-12-5-3-2-4-6-12)26-17(25)15(11)16(24)20-10-14-21-18(19)23-22-14/h2-6,9H,7-8,10H2,1H3,(H,20,24)(H3,19,21,22,23). The summed E-state index contributed by atoms with van der Waals surface area (Å²) in [7, 11) is 0. The van der Waals surface area contributed by atoms with Crippen LogP contribution < -0.4 is 16.7 Å². The van der Waals surface area contributed by atoms with Gasteiger partial charge in [-0.3, -0.25) is 9.89 Å². The van der Waals surface area contributed by atoms with Crippen LogP contribution in [-0.2, 0) is 19.4 Å². The van der Waals surface area contributed by atoms with Gasteiger partial charge in [-0.25, -0.2) is 4.79 Å². The average Bonchev–Trinajstić information content (AvgIpc) is 3.04. The Morgan fingerprint density at radius 3 is 2.69 bits per heavy atom. The van der Waals surface area contributed by atoms with E-state index in [0.717, 1.165) is 12.0 Å². The van der Waals surface area contributed by atoms with E-state index in [9.17, 15) is 9.59 Å². The maximum atomic E-state index is 12.3. The van der Waals surface area contributed by atoms with Gasteiger partial charge >= 0.3 is 5.63 Å². The number of benzene rings is 1. The van der Waals surface area contributed by atoms with Gasteiger partial charge in [-0.1, -0.05) is 30.3 Å². The van der Waals surface area contributed by atoms with Crippen LogP contribution in [0.1, 0.15) is 33.1 Å². The van der Waals surface area contributed by atoms with E-state index in [1.165, 1.54) is 0 Å². The number of nitrogens with one attached hydrogen (secondary N) is 2. The Hall–Kier alpha value is -3.42. The van der Waals surface area contributed by atoms with Crippen molar-refractivity contribution < 1.29 is 9.21 Å². The molecule has 3 rings (SSSR count). The Labute approximate surface area is 149 Å². The quantitative estimate of drug-likeness (QED) is 0.614. The van der Waals surface area contributed by atoms with E-state index >= 15 is 0 Å². The van der Waals surface area contributed by atoms with Crippen LogP contribution in [0.4, 0.5) is 5.95 Å². The number of carbonyl (C=O) groups excluding carboxylic acids is 1. The number of aromatic amines is 1. The maximum absolute atomic E-state index is 12.3. The number of hydrogen-bond acceptors (Lipinski definition) is 6. The third-order valence-electron chi connectivity index (χ3n) is 3.90. The normalized spacial score (nSPS) is 10.7. The summed E-state index contributed by atoms with van der Waals surface area (Å²) in [4.78, 5) is 28.4. The molecule has 2 aromatic heterocycles. The van der Waals surface area contributed by atoms with Crippen molar-refractivity contribution in [2.75, 3.05) is 5.73 Å². The summed E-state index contributed by atoms with van der Waals surface area (Å²) in [5.41, 5.74) is 6.46. The van der Waals surface area contributed by atoms with E-state index in [1.54, 1.807) is 13.0 Å². The van der Waals surface area contributed by atoms with Crippen LogP contribution in [0.2, 0.25) is 0 Å². The minimum absolute atomic E-state index is 0.0130. The second kappa shape index (κ2) is 7.64. The number of hydrogen-bond donors (Lipinski definition) is 3. The summed E-state index contributed by atoms with van der Waals surface area (Å²) in [6.07, 6.45) is 1.33. The number of H-pyrrole nitrogens is 1. The van der Waals surface area contributed by atoms with Gasteiger partial charge in [0.1, 0.15) is 17.1 Å². The number of nitrogen functional groups attached to an aromatic ring is 1. The van der Waals surface area contributed by atoms with Crippen LogP contribution >= 0.6 is 0 Å². The number of nitrogens with zero attached hydrogens (tertiary/aromatic N) is 2. The second-order valence-electron chi connectivity index (χ2n) is 5.87. The number of amides is 1. The largest absolute Gasteiger partial charge is 0.427 e. The molecular formula is C18H19N5O3. The summed E-state index contributed by atoms with van der Waals surface area (Å²) in [6, 6.07) is 11.6. The topological polar surface area (TPSA) is 127 Å². The van der Waals surface area contributed by atoms with E-state index in [4.69, 9.17) is 10.2 Å². The third-order valence-corrected chi connectivity index (χ3v) is 3.90. The molecule has 0 aliphatic rings. The minimum atomic E-state index is -0.650. The first-order valence-electron chi connectivity index (χ1n) is 8.15. The third kappa shape index (κ3) is 4.15. The zero-order chi connectivity index (χ0) is 18.5. The van der Waals surface area contributed by atoms with Gasteiger partial charge in [0.05, 0.1) is 6.54 Å². The first-order chi connectivity index (χ1) is 12.5. The van der Waals surface area contributed by atoms with Gasteiger partial charge in [0.2, 0.25) is 5.95 Å². The monoisotopic (exact) mass is 353 g/mol. The molecule has 1 amide bonds. The second-order valence-corrected chi connectivity index (χ2v) is 5.87. The number of aromatic nitrogens is 3. The van der Waals surface area contributed by atoms with Gasteiger partial charge in [0.15, 0.2) is 0 Å². The summed E-state index contributed by atoms with van der Waals surface area (Å²) in [5.74, 6) is 0.516. The molecular weight excluding hydrogens is 334 g/mol. The van der Waals surface area contributed by atoms with Crippen molar-refractivity contribution in [3.8, 4) is 0 Å². The number of anilines is 1. The fourth-order valence-corrected chi connectivity index (χ4v) is 2.62. The molecule has 2 heterocycles. The Morgan fingerprint density at radius 2 is 2.04 bits per heavy atom. The molecule has 8 nitrogen and oxygen atoms in total. The first-order valence-corrected chi connectivity index (χ1v) is 8.15. The molecule has 1 aromatic carbocycles. The molecule has 8 heteroatoms. The van der Waals surface area contributed by atoms with E-state index in [2.05, 4.69) is 20.5 Å². The molecule has 3 aromatic rings. The summed E-state index contributed by atoms with van der Waals surface area (Å²) >= 11 is 0. The highest BCUT2D eigenvalue weighted by Gasteiger charge is 2.17. The van der Waals surface area contributed by atoms with Crippen LogP contribution in [0.5, 0.6) is 0 Å². The van der Waals surface area contributed by atoms with Gasteiger partial charge in [0.25, 0.3) is 5.91 Å². The first kappa shape index (κ1) is 17.4. The Kier molecular flexibility index (Phi) is 5.12. The van der Waals surface area contributed by atoms with Crippen molar-refractivity contribution in [2.45, 2.75) is 26.3 Å². The van der Waals surface area contributed by atoms with Gasteiger partial charge in [-0.05, 0) is 30.5 Å². The molecule has 0 spiro atoms. The molecule has 0 unspecified atom stereocenters. The molecule has 0 radical (unpaired) electrons. The van der Waals surface area contributed by atoms with Crippen molar-refractivity contribution in [3.63, 3.8) is 0 Å². The van der Waals surface area contributed by atoms with Gasteiger partial charge < -0.3 is 15.5 Å². The highest BCUT2D eigenvalue weighted by Crippen LogP contribution is 2.10. The lowest BCUT2D eigenvalue weighted by atomic mass is 10.1. The van der Waals surface area contributed by atoms with Crippen molar-refractivity contribution in [1.29, 1.82) is 0 Å². The Morgan fingerprint density at radius 1 is 1.27 bits per heavy atom. The molecule has 134 valence electrons. The average molecular weight is 353 g/mol. The molecule has 0 fully saturated rings. The number of aryl methyl sites for hydroxylation is 3. The Bertz CT molecular complexity index is 962. The molecule has 0 bridgehead atoms. The van der Waals surface area contributed by atoms with E-state index in [0.29, 0.717) is 23.6 Å². The van der Waals surface area contributed by atoms with Crippen LogP contribution in [-0.4, -0.2) is 21.1 Å². The number of rotatable bonds is 6. The van der Waals surface area contributed by atoms with E-state index in [1.807, 2.05) is 30.3 Å². The fraction of sp³-hybridized carbons (Fsp3) is 0.222. The zero-order valence-electron chi connectivity index (χ0n) is 14.3. The van der Waals surface area contributed by atoms with Gasteiger partial charge in [0, 0.05) is 6.42 Å². The fourth-order valence-electron chi connectivity index (χ4n) is 2.62. The Balaban J connectivity index is 1.68. The van der Waals surface area contributed by atoms with Gasteiger partial charge in [-0.15, -0.1) is 5.10 Å². The highest BCUT2D eigenvalue weighted by molar-refractivity contribution is 5.95. The lowest BCUT2D eigenvalue weighted by Gasteiger charge is -2.07. The molecule has 4 N–H and O–H groups in total. The van der Waals surface area contributed by atoms with Crippen LogP contribution in [0.25, 0.3) is 0 Å². The van der Waals surface area contributed by atoms with Crippen molar-refractivity contribution in [1.82, 2.24) is 20.5 Å². The van der Waals surface area contributed by atoms with Crippen LogP contribution in [0.15, 0.2) is 45.6 Å². The summed E-state index contributed by atoms with van der Waals surface area (Å²) in [6.45, 7) is 1.79. The molecule has 0 aliphatic heterocycles. The molecule has 26 heavy (non-hydrogen) atoms. The predicted octanol–water partition coefficient (Wildman–Crippen LogP) is 1.36. The van der Waals surface area contributed by atoms with E-state index < -0.39 is 11.5 Å². The number of carbonyl (C=O) groups is 1. The highest BCUT2D eigenvalue weighted by atomic mass is 16.4. The van der Waals surface area contributed by atoms with E-state index in [-0.39, 0.29) is 18.1 Å². The zero-order valence-corrected chi connectivity index (χ0v) is 14.3. The molecule has 0 atom stereocenters. The lowest BCUT2D eigenvalue weighted by molar-refractivity contribution is 0.0945. The predicted molar refractivity (Wildman–Crippen MR) is 95.5 cm³/mol. The van der Waals surface area contributed by atoms with Crippen LogP contribution in [0.3, 0.4) is 0 Å². The van der Waals surface area contributed by atoms with Crippen LogP contribution in [0, 0.1) is 6.92 Å². The molecule has 0 aliphatic carbocycles. The summed E-state index contributed by atoms with van der Waals surface area (Å²) < 4.78 is 5.32.